The Bertz CT molecular complexity index is 581. The van der Waals surface area contributed by atoms with E-state index in [1.807, 2.05) is 11.0 Å². The molecule has 0 spiro atoms. The zero-order chi connectivity index (χ0) is 15.7. The zero-order valence-electron chi connectivity index (χ0n) is 12.3. The summed E-state index contributed by atoms with van der Waals surface area (Å²) in [5, 5.41) is 14.9. The highest BCUT2D eigenvalue weighted by atomic mass is 35.5. The maximum atomic E-state index is 12.5. The molecule has 0 unspecified atom stereocenters. The van der Waals surface area contributed by atoms with Crippen molar-refractivity contribution in [1.82, 2.24) is 10.2 Å². The van der Waals surface area contributed by atoms with E-state index in [0.717, 1.165) is 25.1 Å². The minimum absolute atomic E-state index is 0.0750. The quantitative estimate of drug-likeness (QED) is 0.865. The number of hydrogen-bond acceptors (Lipinski definition) is 3. The second-order valence-electron chi connectivity index (χ2n) is 6.27. The van der Waals surface area contributed by atoms with Crippen LogP contribution in [0.25, 0.3) is 0 Å². The lowest BCUT2D eigenvalue weighted by molar-refractivity contribution is -0.141. The number of rotatable bonds is 2. The number of carbonyl (C=O) groups is 1. The Morgan fingerprint density at radius 1 is 1.36 bits per heavy atom. The summed E-state index contributed by atoms with van der Waals surface area (Å²) in [7, 11) is 0. The van der Waals surface area contributed by atoms with Gasteiger partial charge in [-0.1, -0.05) is 29.3 Å². The van der Waals surface area contributed by atoms with Gasteiger partial charge in [0, 0.05) is 25.6 Å². The molecule has 0 aromatic heterocycles. The number of nitrogens with one attached hydrogen (secondary N) is 1. The molecule has 1 aromatic rings. The fraction of sp³-hybridized carbons (Fsp3) is 0.562. The van der Waals surface area contributed by atoms with Gasteiger partial charge in [-0.05, 0) is 37.1 Å². The standard InChI is InChI=1S/C16H20Cl2N2O2/c17-13-2-1-11(7-14(13)18)8-15(21)20-6-4-16(22)3-5-19-9-12(16)10-20/h1-2,7,12,19,22H,3-6,8-10H2/t12-,16-/m1/s1. The number of likely N-dealkylation sites (tertiary alicyclic amines) is 1. The lowest BCUT2D eigenvalue weighted by Gasteiger charge is -2.47. The average Bonchev–Trinajstić information content (AvgIpc) is 2.50. The molecule has 1 aromatic carbocycles. The van der Waals surface area contributed by atoms with Crippen molar-refractivity contribution in [2.45, 2.75) is 24.9 Å². The van der Waals surface area contributed by atoms with Gasteiger partial charge in [-0.3, -0.25) is 4.79 Å². The van der Waals surface area contributed by atoms with Crippen molar-refractivity contribution < 1.29 is 9.90 Å². The summed E-state index contributed by atoms with van der Waals surface area (Å²) in [5.74, 6) is 0.193. The Morgan fingerprint density at radius 3 is 2.95 bits per heavy atom. The molecule has 6 heteroatoms. The Morgan fingerprint density at radius 2 is 2.18 bits per heavy atom. The Kier molecular flexibility index (Phi) is 4.64. The van der Waals surface area contributed by atoms with E-state index in [2.05, 4.69) is 5.32 Å². The molecule has 120 valence electrons. The first kappa shape index (κ1) is 16.1. The van der Waals surface area contributed by atoms with Crippen LogP contribution in [0, 0.1) is 5.92 Å². The topological polar surface area (TPSA) is 52.6 Å². The molecule has 0 radical (unpaired) electrons. The largest absolute Gasteiger partial charge is 0.389 e. The van der Waals surface area contributed by atoms with Crippen LogP contribution in [0.3, 0.4) is 0 Å². The summed E-state index contributed by atoms with van der Waals surface area (Å²) in [6.07, 6.45) is 1.74. The first-order valence-electron chi connectivity index (χ1n) is 7.63. The summed E-state index contributed by atoms with van der Waals surface area (Å²) in [6.45, 7) is 2.86. The van der Waals surface area contributed by atoms with Gasteiger partial charge in [0.1, 0.15) is 0 Å². The normalized spacial score (nSPS) is 28.3. The maximum absolute atomic E-state index is 12.5. The van der Waals surface area contributed by atoms with Crippen molar-refractivity contribution in [2.24, 2.45) is 5.92 Å². The molecule has 2 saturated heterocycles. The fourth-order valence-electron chi connectivity index (χ4n) is 3.39. The van der Waals surface area contributed by atoms with Crippen molar-refractivity contribution >= 4 is 29.1 Å². The summed E-state index contributed by atoms with van der Waals surface area (Å²) in [6, 6.07) is 5.28. The van der Waals surface area contributed by atoms with Crippen molar-refractivity contribution in [3.05, 3.63) is 33.8 Å². The van der Waals surface area contributed by atoms with Gasteiger partial charge in [0.15, 0.2) is 0 Å². The van der Waals surface area contributed by atoms with E-state index in [1.54, 1.807) is 12.1 Å². The molecule has 22 heavy (non-hydrogen) atoms. The van der Waals surface area contributed by atoms with E-state index in [1.165, 1.54) is 0 Å². The van der Waals surface area contributed by atoms with Crippen molar-refractivity contribution in [3.63, 3.8) is 0 Å². The van der Waals surface area contributed by atoms with Crippen LogP contribution in [0.4, 0.5) is 0 Å². The average molecular weight is 343 g/mol. The number of halogens is 2. The third-order valence-electron chi connectivity index (χ3n) is 4.83. The van der Waals surface area contributed by atoms with E-state index in [-0.39, 0.29) is 11.8 Å². The van der Waals surface area contributed by atoms with Crippen LogP contribution < -0.4 is 5.32 Å². The maximum Gasteiger partial charge on any atom is 0.227 e. The SMILES string of the molecule is O=C(Cc1ccc(Cl)c(Cl)c1)N1CC[C@]2(O)CCNC[C@@H]2C1. The van der Waals surface area contributed by atoms with Gasteiger partial charge in [-0.15, -0.1) is 0 Å². The second kappa shape index (κ2) is 6.36. The molecule has 2 aliphatic rings. The molecular formula is C16H20Cl2N2O2. The molecule has 3 rings (SSSR count). The highest BCUT2D eigenvalue weighted by Crippen LogP contribution is 2.33. The third kappa shape index (κ3) is 3.25. The predicted octanol–water partition coefficient (Wildman–Crippen LogP) is 2.11. The second-order valence-corrected chi connectivity index (χ2v) is 7.08. The Hall–Kier alpha value is -0.810. The van der Waals surface area contributed by atoms with Gasteiger partial charge in [-0.25, -0.2) is 0 Å². The smallest absolute Gasteiger partial charge is 0.227 e. The van der Waals surface area contributed by atoms with Gasteiger partial charge >= 0.3 is 0 Å². The Labute approximate surface area is 140 Å². The molecule has 2 N–H and O–H groups in total. The third-order valence-corrected chi connectivity index (χ3v) is 5.57. The molecule has 2 atom stereocenters. The number of piperidine rings is 2. The van der Waals surface area contributed by atoms with Gasteiger partial charge in [0.2, 0.25) is 5.91 Å². The van der Waals surface area contributed by atoms with E-state index in [4.69, 9.17) is 23.2 Å². The molecule has 2 aliphatic heterocycles. The number of benzene rings is 1. The minimum atomic E-state index is -0.606. The number of nitrogens with zero attached hydrogens (tertiary/aromatic N) is 1. The lowest BCUT2D eigenvalue weighted by atomic mass is 9.76. The van der Waals surface area contributed by atoms with E-state index in [0.29, 0.717) is 36.0 Å². The zero-order valence-corrected chi connectivity index (χ0v) is 13.8. The summed E-state index contributed by atoms with van der Waals surface area (Å²) >= 11 is 11.9. The van der Waals surface area contributed by atoms with Crippen molar-refractivity contribution in [3.8, 4) is 0 Å². The van der Waals surface area contributed by atoms with Gasteiger partial charge in [0.05, 0.1) is 22.1 Å². The number of aliphatic hydroxyl groups is 1. The first-order chi connectivity index (χ1) is 10.5. The molecule has 0 saturated carbocycles. The van der Waals surface area contributed by atoms with Crippen LogP contribution in [0.1, 0.15) is 18.4 Å². The first-order valence-corrected chi connectivity index (χ1v) is 8.38. The van der Waals surface area contributed by atoms with Gasteiger partial charge in [0.25, 0.3) is 0 Å². The number of fused-ring (bicyclic) bond motifs is 1. The molecule has 0 bridgehead atoms. The fourth-order valence-corrected chi connectivity index (χ4v) is 3.71. The number of hydrogen-bond donors (Lipinski definition) is 2. The summed E-state index contributed by atoms with van der Waals surface area (Å²) < 4.78 is 0. The van der Waals surface area contributed by atoms with Crippen LogP contribution in [-0.2, 0) is 11.2 Å². The van der Waals surface area contributed by atoms with Crippen LogP contribution in [0.15, 0.2) is 18.2 Å². The highest BCUT2D eigenvalue weighted by molar-refractivity contribution is 6.42. The highest BCUT2D eigenvalue weighted by Gasteiger charge is 2.43. The lowest BCUT2D eigenvalue weighted by Crippen LogP contribution is -2.60. The molecule has 2 heterocycles. The molecule has 1 amide bonds. The van der Waals surface area contributed by atoms with Crippen molar-refractivity contribution in [2.75, 3.05) is 26.2 Å². The van der Waals surface area contributed by atoms with Crippen LogP contribution in [0.2, 0.25) is 10.0 Å². The van der Waals surface area contributed by atoms with E-state index < -0.39 is 5.60 Å². The summed E-state index contributed by atoms with van der Waals surface area (Å²) in [4.78, 5) is 14.3. The number of carbonyl (C=O) groups excluding carboxylic acids is 1. The van der Waals surface area contributed by atoms with Crippen LogP contribution >= 0.6 is 23.2 Å². The molecule has 4 nitrogen and oxygen atoms in total. The minimum Gasteiger partial charge on any atom is -0.389 e. The summed E-state index contributed by atoms with van der Waals surface area (Å²) in [5.41, 5.74) is 0.257. The Balaban J connectivity index is 1.64. The van der Waals surface area contributed by atoms with Crippen LogP contribution in [0.5, 0.6) is 0 Å². The van der Waals surface area contributed by atoms with E-state index in [9.17, 15) is 9.90 Å². The predicted molar refractivity (Wildman–Crippen MR) is 87.3 cm³/mol. The molecule has 2 fully saturated rings. The van der Waals surface area contributed by atoms with Crippen molar-refractivity contribution in [1.29, 1.82) is 0 Å². The van der Waals surface area contributed by atoms with E-state index >= 15 is 0 Å². The van der Waals surface area contributed by atoms with Gasteiger partial charge in [-0.2, -0.15) is 0 Å². The van der Waals surface area contributed by atoms with Gasteiger partial charge < -0.3 is 15.3 Å². The molecular weight excluding hydrogens is 323 g/mol. The monoisotopic (exact) mass is 342 g/mol. The van der Waals surface area contributed by atoms with Crippen LogP contribution in [-0.4, -0.2) is 47.7 Å². The molecule has 0 aliphatic carbocycles. The number of amides is 1.